The Balaban J connectivity index is 2.56. The number of methoxy groups -OCH3 is 1. The van der Waals surface area contributed by atoms with Crippen LogP contribution in [0.5, 0.6) is 0 Å². The molecule has 0 fully saturated rings. The molecule has 1 aromatic carbocycles. The fourth-order valence-corrected chi connectivity index (χ4v) is 1.70. The number of nitrogens with one attached hydrogen (secondary N) is 1. The van der Waals surface area contributed by atoms with Crippen LogP contribution in [0.25, 0.3) is 0 Å². The van der Waals surface area contributed by atoms with Crippen LogP contribution in [0.4, 0.5) is 4.39 Å². The highest BCUT2D eigenvalue weighted by Gasteiger charge is 2.21. The van der Waals surface area contributed by atoms with Gasteiger partial charge in [-0.15, -0.1) is 0 Å². The molecule has 114 valence electrons. The zero-order valence-corrected chi connectivity index (χ0v) is 11.5. The Labute approximate surface area is 120 Å². The van der Waals surface area contributed by atoms with Crippen molar-refractivity contribution >= 4 is 17.8 Å². The predicted molar refractivity (Wildman–Crippen MR) is 70.9 cm³/mol. The lowest BCUT2D eigenvalue weighted by Gasteiger charge is -2.14. The molecule has 6 nitrogen and oxygen atoms in total. The molecule has 1 amide bonds. The van der Waals surface area contributed by atoms with Gasteiger partial charge in [-0.25, -0.2) is 9.18 Å². The van der Waals surface area contributed by atoms with Crippen LogP contribution < -0.4 is 5.32 Å². The van der Waals surface area contributed by atoms with Gasteiger partial charge in [0.05, 0.1) is 13.5 Å². The highest BCUT2D eigenvalue weighted by molar-refractivity contribution is 5.85. The van der Waals surface area contributed by atoms with Crippen molar-refractivity contribution < 1.29 is 28.6 Å². The van der Waals surface area contributed by atoms with Crippen molar-refractivity contribution in [2.45, 2.75) is 25.3 Å². The van der Waals surface area contributed by atoms with Crippen molar-refractivity contribution in [2.75, 3.05) is 7.11 Å². The highest BCUT2D eigenvalue weighted by atomic mass is 19.1. The minimum atomic E-state index is -1.24. The van der Waals surface area contributed by atoms with Gasteiger partial charge in [0.25, 0.3) is 0 Å². The van der Waals surface area contributed by atoms with Crippen LogP contribution in [-0.4, -0.2) is 36.1 Å². The first-order valence-electron chi connectivity index (χ1n) is 6.25. The Morgan fingerprint density at radius 2 is 2.10 bits per heavy atom. The normalized spacial score (nSPS) is 11.5. The predicted octanol–water partition coefficient (Wildman–Crippen LogP) is 0.891. The molecule has 0 aromatic heterocycles. The van der Waals surface area contributed by atoms with Crippen molar-refractivity contribution in [3.8, 4) is 0 Å². The number of carbonyl (C=O) groups is 3. The number of ether oxygens (including phenoxy) is 1. The average Bonchev–Trinajstić information content (AvgIpc) is 2.42. The number of benzene rings is 1. The topological polar surface area (TPSA) is 92.7 Å². The molecule has 0 bridgehead atoms. The second-order valence-corrected chi connectivity index (χ2v) is 4.38. The van der Waals surface area contributed by atoms with Crippen LogP contribution in [0.3, 0.4) is 0 Å². The summed E-state index contributed by atoms with van der Waals surface area (Å²) in [6.07, 6.45) is -0.329. The first kappa shape index (κ1) is 16.6. The fourth-order valence-electron chi connectivity index (χ4n) is 1.70. The van der Waals surface area contributed by atoms with E-state index in [9.17, 15) is 18.8 Å². The molecular weight excluding hydrogens is 281 g/mol. The number of carboxylic acid groups (broad SMARTS) is 1. The summed E-state index contributed by atoms with van der Waals surface area (Å²) in [6.45, 7) is 0. The number of halogens is 1. The molecule has 1 rings (SSSR count). The van der Waals surface area contributed by atoms with Gasteiger partial charge in [0.1, 0.15) is 11.9 Å². The summed E-state index contributed by atoms with van der Waals surface area (Å²) in [5.74, 6) is -2.83. The van der Waals surface area contributed by atoms with E-state index in [1.54, 1.807) is 6.07 Å². The molecule has 0 spiro atoms. The molecule has 0 unspecified atom stereocenters. The second-order valence-electron chi connectivity index (χ2n) is 4.38. The number of amides is 1. The Morgan fingerprint density at radius 3 is 2.67 bits per heavy atom. The summed E-state index contributed by atoms with van der Waals surface area (Å²) in [5, 5.41) is 11.3. The molecule has 0 aliphatic rings. The van der Waals surface area contributed by atoms with E-state index in [2.05, 4.69) is 10.1 Å². The lowest BCUT2D eigenvalue weighted by atomic mass is 10.1. The van der Waals surface area contributed by atoms with Gasteiger partial charge in [-0.05, 0) is 24.1 Å². The lowest BCUT2D eigenvalue weighted by Crippen LogP contribution is -2.41. The third kappa shape index (κ3) is 6.03. The van der Waals surface area contributed by atoms with Gasteiger partial charge in [-0.1, -0.05) is 12.1 Å². The highest BCUT2D eigenvalue weighted by Crippen LogP contribution is 2.05. The number of rotatable bonds is 7. The third-order valence-electron chi connectivity index (χ3n) is 2.75. The Hall–Kier alpha value is -2.44. The van der Waals surface area contributed by atoms with Crippen LogP contribution in [0, 0.1) is 5.82 Å². The Bertz CT molecular complexity index is 532. The maximum Gasteiger partial charge on any atom is 0.326 e. The van der Waals surface area contributed by atoms with Crippen molar-refractivity contribution in [2.24, 2.45) is 0 Å². The SMILES string of the molecule is COC(=O)CC[C@H](NC(=O)Cc1cccc(F)c1)C(=O)O. The third-order valence-corrected chi connectivity index (χ3v) is 2.75. The van der Waals surface area contributed by atoms with Gasteiger partial charge >= 0.3 is 11.9 Å². The minimum absolute atomic E-state index is 0.0725. The van der Waals surface area contributed by atoms with Gasteiger partial charge in [0.2, 0.25) is 5.91 Å². The van der Waals surface area contributed by atoms with E-state index in [1.807, 2.05) is 0 Å². The van der Waals surface area contributed by atoms with E-state index in [0.29, 0.717) is 5.56 Å². The number of hydrogen-bond acceptors (Lipinski definition) is 4. The number of aliphatic carboxylic acids is 1. The van der Waals surface area contributed by atoms with Gasteiger partial charge in [0.15, 0.2) is 0 Å². The molecular formula is C14H16FNO5. The van der Waals surface area contributed by atoms with E-state index in [1.165, 1.54) is 25.3 Å². The minimum Gasteiger partial charge on any atom is -0.480 e. The molecule has 1 aromatic rings. The van der Waals surface area contributed by atoms with Crippen LogP contribution in [0.15, 0.2) is 24.3 Å². The van der Waals surface area contributed by atoms with Crippen molar-refractivity contribution in [1.29, 1.82) is 0 Å². The summed E-state index contributed by atoms with van der Waals surface area (Å²) in [6, 6.07) is 4.28. The van der Waals surface area contributed by atoms with Gasteiger partial charge < -0.3 is 15.2 Å². The molecule has 7 heteroatoms. The zero-order chi connectivity index (χ0) is 15.8. The molecule has 0 saturated carbocycles. The van der Waals surface area contributed by atoms with E-state index >= 15 is 0 Å². The van der Waals surface area contributed by atoms with Crippen molar-refractivity contribution in [1.82, 2.24) is 5.32 Å². The Kier molecular flexibility index (Phi) is 6.32. The molecule has 0 heterocycles. The lowest BCUT2D eigenvalue weighted by molar-refractivity contribution is -0.144. The summed E-state index contributed by atoms with van der Waals surface area (Å²) in [5.41, 5.74) is 0.435. The monoisotopic (exact) mass is 297 g/mol. The summed E-state index contributed by atoms with van der Waals surface area (Å²) < 4.78 is 17.4. The summed E-state index contributed by atoms with van der Waals surface area (Å²) in [4.78, 5) is 33.7. The van der Waals surface area contributed by atoms with E-state index in [-0.39, 0.29) is 19.3 Å². The molecule has 1 atom stereocenters. The molecule has 0 aliphatic carbocycles. The van der Waals surface area contributed by atoms with E-state index < -0.39 is 29.7 Å². The molecule has 0 aliphatic heterocycles. The molecule has 2 N–H and O–H groups in total. The van der Waals surface area contributed by atoms with Gasteiger partial charge in [0, 0.05) is 6.42 Å². The largest absolute Gasteiger partial charge is 0.480 e. The van der Waals surface area contributed by atoms with Crippen LogP contribution in [0.1, 0.15) is 18.4 Å². The summed E-state index contributed by atoms with van der Waals surface area (Å²) >= 11 is 0. The van der Waals surface area contributed by atoms with Gasteiger partial charge in [-0.2, -0.15) is 0 Å². The standard InChI is InChI=1S/C14H16FNO5/c1-21-13(18)6-5-11(14(19)20)16-12(17)8-9-3-2-4-10(15)7-9/h2-4,7,11H,5-6,8H2,1H3,(H,16,17)(H,19,20)/t11-/m0/s1. The number of esters is 1. The zero-order valence-electron chi connectivity index (χ0n) is 11.5. The van der Waals surface area contributed by atoms with Crippen molar-refractivity contribution in [3.05, 3.63) is 35.6 Å². The smallest absolute Gasteiger partial charge is 0.326 e. The molecule has 0 saturated heterocycles. The maximum absolute atomic E-state index is 13.0. The van der Waals surface area contributed by atoms with Crippen LogP contribution in [0.2, 0.25) is 0 Å². The van der Waals surface area contributed by atoms with Crippen LogP contribution in [-0.2, 0) is 25.5 Å². The molecule has 0 radical (unpaired) electrons. The average molecular weight is 297 g/mol. The fraction of sp³-hybridized carbons (Fsp3) is 0.357. The number of carbonyl (C=O) groups excluding carboxylic acids is 2. The quantitative estimate of drug-likeness (QED) is 0.729. The van der Waals surface area contributed by atoms with Crippen LogP contribution >= 0.6 is 0 Å². The van der Waals surface area contributed by atoms with Crippen molar-refractivity contribution in [3.63, 3.8) is 0 Å². The Morgan fingerprint density at radius 1 is 1.38 bits per heavy atom. The first-order chi connectivity index (χ1) is 9.92. The number of hydrogen-bond donors (Lipinski definition) is 2. The summed E-state index contributed by atoms with van der Waals surface area (Å²) in [7, 11) is 1.20. The molecule has 21 heavy (non-hydrogen) atoms. The van der Waals surface area contributed by atoms with E-state index in [4.69, 9.17) is 5.11 Å². The van der Waals surface area contributed by atoms with Gasteiger partial charge in [-0.3, -0.25) is 9.59 Å². The maximum atomic E-state index is 13.0. The second kappa shape index (κ2) is 7.98. The number of carboxylic acids is 1. The van der Waals surface area contributed by atoms with E-state index in [0.717, 1.165) is 0 Å². The first-order valence-corrected chi connectivity index (χ1v) is 6.25.